The highest BCUT2D eigenvalue weighted by Crippen LogP contribution is 2.36. The van der Waals surface area contributed by atoms with Gasteiger partial charge in [-0.25, -0.2) is 0 Å². The number of para-hydroxylation sites is 1. The first kappa shape index (κ1) is 23.7. The lowest BCUT2D eigenvalue weighted by Crippen LogP contribution is -2.47. The summed E-state index contributed by atoms with van der Waals surface area (Å²) in [6.07, 6.45) is 8.79. The van der Waals surface area contributed by atoms with Crippen LogP contribution in [0.2, 0.25) is 0 Å². The Kier molecular flexibility index (Phi) is 6.38. The number of amides is 1. The molecule has 4 aromatic rings. The van der Waals surface area contributed by atoms with Gasteiger partial charge < -0.3 is 19.4 Å². The van der Waals surface area contributed by atoms with Crippen molar-refractivity contribution < 1.29 is 4.79 Å². The zero-order valence-corrected chi connectivity index (χ0v) is 21.2. The summed E-state index contributed by atoms with van der Waals surface area (Å²) in [5.74, 6) is 0.0691. The van der Waals surface area contributed by atoms with Crippen molar-refractivity contribution in [2.75, 3.05) is 13.1 Å². The van der Waals surface area contributed by atoms with Crippen LogP contribution in [0.15, 0.2) is 78.0 Å². The molecule has 3 aromatic heterocycles. The van der Waals surface area contributed by atoms with Gasteiger partial charge in [0.2, 0.25) is 5.91 Å². The van der Waals surface area contributed by atoms with Crippen LogP contribution in [0, 0.1) is 5.92 Å². The maximum atomic E-state index is 14.1. The maximum absolute atomic E-state index is 14.1. The van der Waals surface area contributed by atoms with E-state index in [0.717, 1.165) is 42.6 Å². The van der Waals surface area contributed by atoms with Gasteiger partial charge in [0.15, 0.2) is 0 Å². The summed E-state index contributed by atoms with van der Waals surface area (Å²) in [5, 5.41) is 4.62. The number of pyridine rings is 2. The zero-order chi connectivity index (χ0) is 25.4. The molecule has 2 unspecified atom stereocenters. The number of aromatic nitrogens is 3. The largest absolute Gasteiger partial charge is 0.341 e. The van der Waals surface area contributed by atoms with Crippen LogP contribution in [0.5, 0.6) is 0 Å². The van der Waals surface area contributed by atoms with Crippen molar-refractivity contribution in [1.29, 1.82) is 0 Å². The van der Waals surface area contributed by atoms with E-state index in [0.29, 0.717) is 19.6 Å². The number of carbonyl (C=O) groups excluding carboxylic acids is 1. The second kappa shape index (κ2) is 9.98. The van der Waals surface area contributed by atoms with Gasteiger partial charge in [-0.2, -0.15) is 0 Å². The van der Waals surface area contributed by atoms with Crippen molar-refractivity contribution in [1.82, 2.24) is 24.3 Å². The Morgan fingerprint density at radius 1 is 1.11 bits per heavy atom. The van der Waals surface area contributed by atoms with Crippen LogP contribution in [-0.2, 0) is 24.9 Å². The first-order valence-electron chi connectivity index (χ1n) is 13.2. The number of rotatable bonds is 7. The molecule has 1 saturated heterocycles. The predicted molar refractivity (Wildman–Crippen MR) is 144 cm³/mol. The lowest BCUT2D eigenvalue weighted by Gasteiger charge is -2.35. The minimum atomic E-state index is -0.177. The fraction of sp³-hybridized carbons (Fsp3) is 0.367. The van der Waals surface area contributed by atoms with Crippen molar-refractivity contribution in [2.24, 2.45) is 13.0 Å². The first-order chi connectivity index (χ1) is 18.1. The van der Waals surface area contributed by atoms with Crippen molar-refractivity contribution in [2.45, 2.75) is 44.3 Å². The molecule has 7 heteroatoms. The number of hydrogen-bond acceptors (Lipinski definition) is 4. The molecule has 0 bridgehead atoms. The lowest BCUT2D eigenvalue weighted by atomic mass is 9.80. The number of benzene rings is 1. The molecule has 7 nitrogen and oxygen atoms in total. The van der Waals surface area contributed by atoms with Crippen LogP contribution >= 0.6 is 0 Å². The summed E-state index contributed by atoms with van der Waals surface area (Å²) in [5.41, 5.74) is 4.28. The van der Waals surface area contributed by atoms with Gasteiger partial charge in [-0.1, -0.05) is 24.3 Å². The molecule has 2 fully saturated rings. The van der Waals surface area contributed by atoms with E-state index in [4.69, 9.17) is 0 Å². The highest BCUT2D eigenvalue weighted by atomic mass is 16.2. The Morgan fingerprint density at radius 2 is 1.95 bits per heavy atom. The third-order valence-electron chi connectivity index (χ3n) is 7.90. The smallest absolute Gasteiger partial charge is 0.250 e. The minimum absolute atomic E-state index is 0.0259. The standard InChI is InChI=1S/C30H33N5O2/c1-33-15-12-21(16-29(33)36)25-11-14-31-17-27(25)30(37)35(24-9-10-24)19-22-18-34(20-23-6-4-5-13-32-23)28-8-3-2-7-26(22)28/h2-8,12-13,15-16,18,24-25,27,31H,9-11,14,17,19-20H2,1H3. The Hall–Kier alpha value is -3.71. The molecule has 1 aromatic carbocycles. The van der Waals surface area contributed by atoms with Gasteiger partial charge in [-0.05, 0) is 67.1 Å². The number of nitrogens with zero attached hydrogens (tertiary/aromatic N) is 4. The SMILES string of the molecule is Cn1ccc(C2CCNCC2C(=O)N(Cc2cn(Cc3ccccn3)c3ccccc23)C2CC2)cc1=O. The molecule has 2 aliphatic rings. The molecule has 1 aliphatic heterocycles. The molecule has 1 aliphatic carbocycles. The summed E-state index contributed by atoms with van der Waals surface area (Å²) >= 11 is 0. The normalized spacial score (nSPS) is 19.7. The van der Waals surface area contributed by atoms with Crippen molar-refractivity contribution in [3.05, 3.63) is 100 Å². The highest BCUT2D eigenvalue weighted by molar-refractivity contribution is 5.86. The second-order valence-electron chi connectivity index (χ2n) is 10.4. The van der Waals surface area contributed by atoms with Gasteiger partial charge in [0, 0.05) is 61.7 Å². The number of aryl methyl sites for hydroxylation is 1. The molecule has 0 radical (unpaired) electrons. The molecule has 37 heavy (non-hydrogen) atoms. The van der Waals surface area contributed by atoms with Crippen LogP contribution in [0.25, 0.3) is 10.9 Å². The minimum Gasteiger partial charge on any atom is -0.341 e. The Balaban J connectivity index is 1.30. The molecular formula is C30H33N5O2. The molecule has 2 atom stereocenters. The molecule has 1 N–H and O–H groups in total. The summed E-state index contributed by atoms with van der Waals surface area (Å²) in [7, 11) is 1.76. The van der Waals surface area contributed by atoms with E-state index in [2.05, 4.69) is 50.2 Å². The van der Waals surface area contributed by atoms with Crippen molar-refractivity contribution >= 4 is 16.8 Å². The Bertz CT molecular complexity index is 1470. The monoisotopic (exact) mass is 495 g/mol. The van der Waals surface area contributed by atoms with Crippen LogP contribution < -0.4 is 10.9 Å². The summed E-state index contributed by atoms with van der Waals surface area (Å²) in [6.45, 7) is 2.78. The number of hydrogen-bond donors (Lipinski definition) is 1. The second-order valence-corrected chi connectivity index (χ2v) is 10.4. The highest BCUT2D eigenvalue weighted by Gasteiger charge is 2.40. The lowest BCUT2D eigenvalue weighted by molar-refractivity contribution is -0.138. The average molecular weight is 496 g/mol. The van der Waals surface area contributed by atoms with Gasteiger partial charge in [-0.15, -0.1) is 0 Å². The molecule has 0 spiro atoms. The van der Waals surface area contributed by atoms with Gasteiger partial charge in [-0.3, -0.25) is 14.6 Å². The van der Waals surface area contributed by atoms with Gasteiger partial charge >= 0.3 is 0 Å². The Labute approximate surface area is 216 Å². The number of nitrogens with one attached hydrogen (secondary N) is 1. The van der Waals surface area contributed by atoms with E-state index in [1.807, 2.05) is 36.7 Å². The molecular weight excluding hydrogens is 462 g/mol. The maximum Gasteiger partial charge on any atom is 0.250 e. The fourth-order valence-electron chi connectivity index (χ4n) is 5.73. The van der Waals surface area contributed by atoms with E-state index < -0.39 is 0 Å². The molecule has 1 amide bonds. The fourth-order valence-corrected chi connectivity index (χ4v) is 5.73. The van der Waals surface area contributed by atoms with E-state index >= 15 is 0 Å². The van der Waals surface area contributed by atoms with Crippen LogP contribution in [0.1, 0.15) is 42.0 Å². The third-order valence-corrected chi connectivity index (χ3v) is 7.90. The Morgan fingerprint density at radius 3 is 2.73 bits per heavy atom. The quantitative estimate of drug-likeness (QED) is 0.425. The number of piperidine rings is 1. The van der Waals surface area contributed by atoms with Crippen molar-refractivity contribution in [3.63, 3.8) is 0 Å². The van der Waals surface area contributed by atoms with Crippen LogP contribution in [0.3, 0.4) is 0 Å². The molecule has 6 rings (SSSR count). The molecule has 4 heterocycles. The topological polar surface area (TPSA) is 72.2 Å². The van der Waals surface area contributed by atoms with Crippen LogP contribution in [0.4, 0.5) is 0 Å². The van der Waals surface area contributed by atoms with E-state index in [1.165, 1.54) is 10.9 Å². The van der Waals surface area contributed by atoms with E-state index in [-0.39, 0.29) is 29.3 Å². The van der Waals surface area contributed by atoms with Crippen LogP contribution in [-0.4, -0.2) is 44.1 Å². The summed E-state index contributed by atoms with van der Waals surface area (Å²) in [4.78, 5) is 33.1. The molecule has 190 valence electrons. The first-order valence-corrected chi connectivity index (χ1v) is 13.2. The van der Waals surface area contributed by atoms with E-state index in [9.17, 15) is 9.59 Å². The number of carbonyl (C=O) groups is 1. The molecule has 1 saturated carbocycles. The van der Waals surface area contributed by atoms with Crippen molar-refractivity contribution in [3.8, 4) is 0 Å². The third kappa shape index (κ3) is 4.83. The van der Waals surface area contributed by atoms with E-state index in [1.54, 1.807) is 17.7 Å². The van der Waals surface area contributed by atoms with Gasteiger partial charge in [0.25, 0.3) is 5.56 Å². The average Bonchev–Trinajstić information content (AvgIpc) is 3.72. The number of fused-ring (bicyclic) bond motifs is 1. The summed E-state index contributed by atoms with van der Waals surface area (Å²) in [6, 6.07) is 18.4. The summed E-state index contributed by atoms with van der Waals surface area (Å²) < 4.78 is 3.83. The van der Waals surface area contributed by atoms with Gasteiger partial charge in [0.05, 0.1) is 18.2 Å². The van der Waals surface area contributed by atoms with Gasteiger partial charge in [0.1, 0.15) is 0 Å². The zero-order valence-electron chi connectivity index (χ0n) is 21.2. The predicted octanol–water partition coefficient (Wildman–Crippen LogP) is 3.67.